The normalized spacial score (nSPS) is 17.3. The van der Waals surface area contributed by atoms with E-state index in [9.17, 15) is 22.0 Å². The highest BCUT2D eigenvalue weighted by Crippen LogP contribution is 2.30. The van der Waals surface area contributed by atoms with E-state index >= 15 is 0 Å². The number of piperidine rings is 1. The third-order valence-corrected chi connectivity index (χ3v) is 8.85. The van der Waals surface area contributed by atoms with Crippen LogP contribution in [0.1, 0.15) is 45.8 Å². The van der Waals surface area contributed by atoms with Gasteiger partial charge in [0, 0.05) is 31.7 Å². The van der Waals surface area contributed by atoms with Crippen molar-refractivity contribution in [2.24, 2.45) is 0 Å². The molecular weight excluding hydrogens is 470 g/mol. The summed E-state index contributed by atoms with van der Waals surface area (Å²) in [7, 11) is -3.75. The Morgan fingerprint density at radius 3 is 2.31 bits per heavy atom. The van der Waals surface area contributed by atoms with E-state index in [-0.39, 0.29) is 16.7 Å². The van der Waals surface area contributed by atoms with Gasteiger partial charge < -0.3 is 4.90 Å². The third-order valence-electron chi connectivity index (χ3n) is 7.01. The number of nitrogens with zero attached hydrogens (tertiary/aromatic N) is 2. The first-order valence-corrected chi connectivity index (χ1v) is 13.2. The summed E-state index contributed by atoms with van der Waals surface area (Å²) in [4.78, 5) is 15.0. The molecule has 2 heterocycles. The van der Waals surface area contributed by atoms with Crippen LogP contribution >= 0.6 is 0 Å². The standard InChI is InChI=1S/C27H26F2N2O3S/c28-25-9-8-21(17-26(25)29)20-10-13-30(14-11-20)27(32)22-6-3-7-24(16-22)35(33,34)31-15-12-19-4-1-2-5-23(19)18-31/h1-9,16-17,20H,10-15,18H2. The van der Waals surface area contributed by atoms with Crippen LogP contribution in [0.2, 0.25) is 0 Å². The minimum Gasteiger partial charge on any atom is -0.339 e. The van der Waals surface area contributed by atoms with Gasteiger partial charge in [0.2, 0.25) is 10.0 Å². The molecule has 1 saturated heterocycles. The Morgan fingerprint density at radius 1 is 0.829 bits per heavy atom. The summed E-state index contributed by atoms with van der Waals surface area (Å²) in [5.74, 6) is -1.92. The Hall–Kier alpha value is -3.10. The zero-order valence-corrected chi connectivity index (χ0v) is 20.0. The van der Waals surface area contributed by atoms with Crippen molar-refractivity contribution in [3.05, 3.63) is 101 Å². The van der Waals surface area contributed by atoms with E-state index in [1.54, 1.807) is 23.1 Å². The minimum atomic E-state index is -3.75. The molecule has 0 atom stereocenters. The molecule has 0 bridgehead atoms. The van der Waals surface area contributed by atoms with Gasteiger partial charge in [-0.15, -0.1) is 0 Å². The van der Waals surface area contributed by atoms with E-state index in [2.05, 4.69) is 0 Å². The molecular formula is C27H26F2N2O3S. The van der Waals surface area contributed by atoms with Crippen LogP contribution in [0.25, 0.3) is 0 Å². The Kier molecular flexibility index (Phi) is 6.42. The Balaban J connectivity index is 1.28. The van der Waals surface area contributed by atoms with Crippen LogP contribution in [0.5, 0.6) is 0 Å². The monoisotopic (exact) mass is 496 g/mol. The molecule has 0 unspecified atom stereocenters. The molecule has 0 aromatic heterocycles. The number of amides is 1. The van der Waals surface area contributed by atoms with E-state index in [1.807, 2.05) is 24.3 Å². The van der Waals surface area contributed by atoms with Crippen LogP contribution in [0.4, 0.5) is 8.78 Å². The molecule has 0 N–H and O–H groups in total. The summed E-state index contributed by atoms with van der Waals surface area (Å²) in [5, 5.41) is 0. The summed E-state index contributed by atoms with van der Waals surface area (Å²) < 4.78 is 55.0. The fraction of sp³-hybridized carbons (Fsp3) is 0.296. The maximum atomic E-state index is 13.6. The lowest BCUT2D eigenvalue weighted by Gasteiger charge is -2.32. The van der Waals surface area contributed by atoms with Crippen molar-refractivity contribution in [2.75, 3.05) is 19.6 Å². The maximum absolute atomic E-state index is 13.6. The van der Waals surface area contributed by atoms with Crippen molar-refractivity contribution in [2.45, 2.75) is 36.6 Å². The molecule has 0 aliphatic carbocycles. The number of hydrogen-bond donors (Lipinski definition) is 0. The number of rotatable bonds is 4. The lowest BCUT2D eigenvalue weighted by atomic mass is 9.89. The second-order valence-corrected chi connectivity index (χ2v) is 11.1. The molecule has 2 aliphatic heterocycles. The topological polar surface area (TPSA) is 57.7 Å². The largest absolute Gasteiger partial charge is 0.339 e. The summed E-state index contributed by atoms with van der Waals surface area (Å²) in [6.45, 7) is 1.63. The summed E-state index contributed by atoms with van der Waals surface area (Å²) in [6.07, 6.45) is 1.91. The van der Waals surface area contributed by atoms with Gasteiger partial charge in [-0.1, -0.05) is 36.4 Å². The number of carbonyl (C=O) groups is 1. The molecule has 0 radical (unpaired) electrons. The third kappa shape index (κ3) is 4.73. The van der Waals surface area contributed by atoms with Crippen LogP contribution < -0.4 is 0 Å². The fourth-order valence-corrected chi connectivity index (χ4v) is 6.44. The molecule has 5 rings (SSSR count). The first-order chi connectivity index (χ1) is 16.8. The van der Waals surface area contributed by atoms with Gasteiger partial charge in [-0.2, -0.15) is 4.31 Å². The van der Waals surface area contributed by atoms with Crippen molar-refractivity contribution in [3.63, 3.8) is 0 Å². The van der Waals surface area contributed by atoms with E-state index in [1.165, 1.54) is 22.5 Å². The van der Waals surface area contributed by atoms with Gasteiger partial charge in [0.05, 0.1) is 4.90 Å². The fourth-order valence-electron chi connectivity index (χ4n) is 4.98. The molecule has 3 aromatic rings. The summed E-state index contributed by atoms with van der Waals surface area (Å²) >= 11 is 0. The quantitative estimate of drug-likeness (QED) is 0.525. The minimum absolute atomic E-state index is 0.0443. The molecule has 2 aliphatic rings. The summed E-state index contributed by atoms with van der Waals surface area (Å²) in [6, 6.07) is 18.0. The lowest BCUT2D eigenvalue weighted by molar-refractivity contribution is 0.0712. The SMILES string of the molecule is O=C(c1cccc(S(=O)(=O)N2CCc3ccccc3C2)c1)N1CCC(c2ccc(F)c(F)c2)CC1. The van der Waals surface area contributed by atoms with Crippen LogP contribution in [0.15, 0.2) is 71.6 Å². The van der Waals surface area contributed by atoms with Gasteiger partial charge in [-0.25, -0.2) is 17.2 Å². The molecule has 5 nitrogen and oxygen atoms in total. The van der Waals surface area contributed by atoms with Crippen molar-refractivity contribution >= 4 is 15.9 Å². The first kappa shape index (κ1) is 23.6. The zero-order valence-electron chi connectivity index (χ0n) is 19.2. The van der Waals surface area contributed by atoms with Crippen LogP contribution in [0.3, 0.4) is 0 Å². The van der Waals surface area contributed by atoms with Crippen LogP contribution in [0, 0.1) is 11.6 Å². The van der Waals surface area contributed by atoms with Gasteiger partial charge in [-0.05, 0) is 72.2 Å². The number of fused-ring (bicyclic) bond motifs is 1. The first-order valence-electron chi connectivity index (χ1n) is 11.7. The van der Waals surface area contributed by atoms with Crippen molar-refractivity contribution in [1.29, 1.82) is 0 Å². The number of carbonyl (C=O) groups excluding carboxylic acids is 1. The van der Waals surface area contributed by atoms with Gasteiger partial charge in [0.15, 0.2) is 11.6 Å². The number of likely N-dealkylation sites (tertiary alicyclic amines) is 1. The second kappa shape index (κ2) is 9.51. The van der Waals surface area contributed by atoms with E-state index in [4.69, 9.17) is 0 Å². The highest BCUT2D eigenvalue weighted by Gasteiger charge is 2.30. The number of benzene rings is 3. The van der Waals surface area contributed by atoms with Crippen molar-refractivity contribution in [1.82, 2.24) is 9.21 Å². The van der Waals surface area contributed by atoms with Crippen molar-refractivity contribution in [3.8, 4) is 0 Å². The lowest BCUT2D eigenvalue weighted by Crippen LogP contribution is -2.38. The molecule has 8 heteroatoms. The maximum Gasteiger partial charge on any atom is 0.253 e. The smallest absolute Gasteiger partial charge is 0.253 e. The second-order valence-electron chi connectivity index (χ2n) is 9.13. The highest BCUT2D eigenvalue weighted by atomic mass is 32.2. The van der Waals surface area contributed by atoms with Crippen LogP contribution in [-0.2, 0) is 23.0 Å². The molecule has 35 heavy (non-hydrogen) atoms. The predicted octanol–water partition coefficient (Wildman–Crippen LogP) is 4.73. The van der Waals surface area contributed by atoms with E-state index in [0.717, 1.165) is 22.8 Å². The molecule has 0 spiro atoms. The number of sulfonamides is 1. The molecule has 0 saturated carbocycles. The van der Waals surface area contributed by atoms with E-state index < -0.39 is 21.7 Å². The molecule has 3 aromatic carbocycles. The number of hydrogen-bond acceptors (Lipinski definition) is 3. The Morgan fingerprint density at radius 2 is 1.57 bits per heavy atom. The zero-order chi connectivity index (χ0) is 24.6. The predicted molar refractivity (Wildman–Crippen MR) is 128 cm³/mol. The van der Waals surface area contributed by atoms with Gasteiger partial charge in [0.1, 0.15) is 0 Å². The Bertz CT molecular complexity index is 1370. The van der Waals surface area contributed by atoms with Crippen LogP contribution in [-0.4, -0.2) is 43.2 Å². The van der Waals surface area contributed by atoms with Gasteiger partial charge in [0.25, 0.3) is 5.91 Å². The molecule has 1 amide bonds. The van der Waals surface area contributed by atoms with Gasteiger partial charge in [-0.3, -0.25) is 4.79 Å². The average molecular weight is 497 g/mol. The number of halogens is 2. The van der Waals surface area contributed by atoms with Gasteiger partial charge >= 0.3 is 0 Å². The van der Waals surface area contributed by atoms with Crippen molar-refractivity contribution < 1.29 is 22.0 Å². The summed E-state index contributed by atoms with van der Waals surface area (Å²) in [5.41, 5.74) is 3.22. The molecule has 1 fully saturated rings. The average Bonchev–Trinajstić information content (AvgIpc) is 2.89. The highest BCUT2D eigenvalue weighted by molar-refractivity contribution is 7.89. The Labute approximate surface area is 204 Å². The molecule has 182 valence electrons. The van der Waals surface area contributed by atoms with E-state index in [0.29, 0.717) is 51.0 Å².